The quantitative estimate of drug-likeness (QED) is 0.603. The van der Waals surface area contributed by atoms with E-state index in [4.69, 9.17) is 4.74 Å². The zero-order valence-corrected chi connectivity index (χ0v) is 7.81. The lowest BCUT2D eigenvalue weighted by atomic mass is 10.0. The summed E-state index contributed by atoms with van der Waals surface area (Å²) in [6.07, 6.45) is 1.20. The van der Waals surface area contributed by atoms with Gasteiger partial charge in [0.2, 0.25) is 0 Å². The number of rotatable bonds is 1. The van der Waals surface area contributed by atoms with Crippen LogP contribution in [0.4, 0.5) is 0 Å². The van der Waals surface area contributed by atoms with Crippen LogP contribution in [0.2, 0.25) is 0 Å². The highest BCUT2D eigenvalue weighted by Gasteiger charge is 2.39. The van der Waals surface area contributed by atoms with E-state index in [0.717, 1.165) is 32.8 Å². The van der Waals surface area contributed by atoms with E-state index in [1.807, 2.05) is 0 Å². The lowest BCUT2D eigenvalue weighted by molar-refractivity contribution is -0.0569. The molecule has 2 rings (SSSR count). The normalized spacial score (nSPS) is 37.8. The number of hydrogen-bond donors (Lipinski definition) is 1. The maximum atomic E-state index is 5.85. The molecule has 3 heteroatoms. The smallest absolute Gasteiger partial charge is 0.0945 e. The molecule has 0 aromatic carbocycles. The van der Waals surface area contributed by atoms with Gasteiger partial charge in [-0.2, -0.15) is 0 Å². The molecule has 0 bridgehead atoms. The first-order valence-electron chi connectivity index (χ1n) is 4.92. The third kappa shape index (κ3) is 1.49. The molecular formula is C9H18N2O. The summed E-state index contributed by atoms with van der Waals surface area (Å²) >= 11 is 0. The molecule has 0 saturated carbocycles. The first-order chi connectivity index (χ1) is 5.85. The lowest BCUT2D eigenvalue weighted by Gasteiger charge is -2.34. The van der Waals surface area contributed by atoms with Crippen LogP contribution in [0.3, 0.4) is 0 Å². The summed E-state index contributed by atoms with van der Waals surface area (Å²) in [6, 6.07) is 0. The van der Waals surface area contributed by atoms with Crippen LogP contribution in [0, 0.1) is 0 Å². The van der Waals surface area contributed by atoms with Crippen molar-refractivity contribution in [2.75, 3.05) is 39.3 Å². The number of hydrogen-bond acceptors (Lipinski definition) is 3. The molecule has 3 nitrogen and oxygen atoms in total. The van der Waals surface area contributed by atoms with Gasteiger partial charge in [0, 0.05) is 26.2 Å². The van der Waals surface area contributed by atoms with Crippen molar-refractivity contribution >= 4 is 0 Å². The van der Waals surface area contributed by atoms with E-state index >= 15 is 0 Å². The van der Waals surface area contributed by atoms with E-state index in [1.165, 1.54) is 13.0 Å². The van der Waals surface area contributed by atoms with Gasteiger partial charge < -0.3 is 15.0 Å². The van der Waals surface area contributed by atoms with Gasteiger partial charge in [-0.3, -0.25) is 0 Å². The molecule has 1 spiro atoms. The van der Waals surface area contributed by atoms with E-state index in [1.54, 1.807) is 0 Å². The zero-order valence-electron chi connectivity index (χ0n) is 7.81. The van der Waals surface area contributed by atoms with Crippen molar-refractivity contribution < 1.29 is 4.74 Å². The van der Waals surface area contributed by atoms with Crippen LogP contribution in [-0.2, 0) is 4.74 Å². The third-order valence-corrected chi connectivity index (χ3v) is 2.98. The van der Waals surface area contributed by atoms with Crippen molar-refractivity contribution in [3.63, 3.8) is 0 Å². The topological polar surface area (TPSA) is 24.5 Å². The average Bonchev–Trinajstić information content (AvgIpc) is 2.50. The van der Waals surface area contributed by atoms with Crippen LogP contribution in [0.1, 0.15) is 13.3 Å². The molecule has 70 valence electrons. The second-order valence-corrected chi connectivity index (χ2v) is 3.83. The Labute approximate surface area is 74.1 Å². The summed E-state index contributed by atoms with van der Waals surface area (Å²) in [6.45, 7) is 8.66. The van der Waals surface area contributed by atoms with Crippen LogP contribution < -0.4 is 5.32 Å². The minimum Gasteiger partial charge on any atom is -0.371 e. The van der Waals surface area contributed by atoms with Gasteiger partial charge in [0.25, 0.3) is 0 Å². The Bertz CT molecular complexity index is 155. The van der Waals surface area contributed by atoms with Gasteiger partial charge in [-0.1, -0.05) is 6.92 Å². The maximum absolute atomic E-state index is 5.85. The van der Waals surface area contributed by atoms with Gasteiger partial charge in [0.1, 0.15) is 0 Å². The second kappa shape index (κ2) is 3.32. The second-order valence-electron chi connectivity index (χ2n) is 3.83. The van der Waals surface area contributed by atoms with Gasteiger partial charge in [-0.15, -0.1) is 0 Å². The van der Waals surface area contributed by atoms with E-state index in [9.17, 15) is 0 Å². The number of morpholine rings is 1. The first-order valence-corrected chi connectivity index (χ1v) is 4.92. The monoisotopic (exact) mass is 170 g/mol. The van der Waals surface area contributed by atoms with Gasteiger partial charge >= 0.3 is 0 Å². The Morgan fingerprint density at radius 2 is 2.50 bits per heavy atom. The number of likely N-dealkylation sites (N-methyl/N-ethyl adjacent to an activating group) is 1. The van der Waals surface area contributed by atoms with Gasteiger partial charge in [0.15, 0.2) is 0 Å². The SMILES string of the molecule is CCN1CC[C@]2(CNCCO2)C1. The summed E-state index contributed by atoms with van der Waals surface area (Å²) in [4.78, 5) is 2.47. The Kier molecular flexibility index (Phi) is 2.35. The van der Waals surface area contributed by atoms with Crippen molar-refractivity contribution in [3.05, 3.63) is 0 Å². The molecule has 0 aromatic heterocycles. The maximum Gasteiger partial charge on any atom is 0.0945 e. The number of ether oxygens (including phenoxy) is 1. The average molecular weight is 170 g/mol. The molecular weight excluding hydrogens is 152 g/mol. The lowest BCUT2D eigenvalue weighted by Crippen LogP contribution is -2.51. The summed E-state index contributed by atoms with van der Waals surface area (Å²) < 4.78 is 5.85. The minimum atomic E-state index is 0.161. The molecule has 0 amide bonds. The summed E-state index contributed by atoms with van der Waals surface area (Å²) in [5.41, 5.74) is 0.161. The van der Waals surface area contributed by atoms with Crippen LogP contribution in [0.15, 0.2) is 0 Å². The van der Waals surface area contributed by atoms with Gasteiger partial charge in [-0.25, -0.2) is 0 Å². The van der Waals surface area contributed by atoms with E-state index in [-0.39, 0.29) is 5.60 Å². The standard InChI is InChI=1S/C9H18N2O/c1-2-11-5-3-9(8-11)7-10-4-6-12-9/h10H,2-8H2,1H3/t9-/m0/s1. The predicted molar refractivity (Wildman–Crippen MR) is 48.3 cm³/mol. The zero-order chi connectivity index (χ0) is 8.44. The molecule has 1 N–H and O–H groups in total. The fraction of sp³-hybridized carbons (Fsp3) is 1.00. The van der Waals surface area contributed by atoms with Crippen LogP contribution in [0.5, 0.6) is 0 Å². The van der Waals surface area contributed by atoms with Crippen molar-refractivity contribution in [1.29, 1.82) is 0 Å². The molecule has 2 heterocycles. The Hall–Kier alpha value is -0.120. The highest BCUT2D eigenvalue weighted by atomic mass is 16.5. The predicted octanol–water partition coefficient (Wildman–Crippen LogP) is 0.0706. The largest absolute Gasteiger partial charge is 0.371 e. The fourth-order valence-electron chi connectivity index (χ4n) is 2.17. The molecule has 1 atom stereocenters. The molecule has 0 aromatic rings. The van der Waals surface area contributed by atoms with E-state index in [0.29, 0.717) is 0 Å². The van der Waals surface area contributed by atoms with Crippen LogP contribution in [-0.4, -0.2) is 49.8 Å². The third-order valence-electron chi connectivity index (χ3n) is 2.98. The first kappa shape index (κ1) is 8.48. The number of nitrogens with one attached hydrogen (secondary N) is 1. The molecule has 2 saturated heterocycles. The van der Waals surface area contributed by atoms with Crippen LogP contribution >= 0.6 is 0 Å². The minimum absolute atomic E-state index is 0.161. The Balaban J connectivity index is 1.94. The molecule has 0 unspecified atom stereocenters. The van der Waals surface area contributed by atoms with E-state index < -0.39 is 0 Å². The summed E-state index contributed by atoms with van der Waals surface area (Å²) in [5.74, 6) is 0. The molecule has 2 aliphatic heterocycles. The molecule has 2 fully saturated rings. The van der Waals surface area contributed by atoms with Crippen molar-refractivity contribution in [2.24, 2.45) is 0 Å². The number of likely N-dealkylation sites (tertiary alicyclic amines) is 1. The Morgan fingerprint density at radius 3 is 3.08 bits per heavy atom. The van der Waals surface area contributed by atoms with Crippen molar-refractivity contribution in [2.45, 2.75) is 18.9 Å². The molecule has 0 aliphatic carbocycles. The molecule has 0 radical (unpaired) electrons. The van der Waals surface area contributed by atoms with Crippen LogP contribution in [0.25, 0.3) is 0 Å². The fourth-order valence-corrected chi connectivity index (χ4v) is 2.17. The molecule has 12 heavy (non-hydrogen) atoms. The van der Waals surface area contributed by atoms with Gasteiger partial charge in [-0.05, 0) is 13.0 Å². The number of nitrogens with zero attached hydrogens (tertiary/aromatic N) is 1. The highest BCUT2D eigenvalue weighted by Crippen LogP contribution is 2.25. The Morgan fingerprint density at radius 1 is 1.58 bits per heavy atom. The van der Waals surface area contributed by atoms with Crippen molar-refractivity contribution in [3.8, 4) is 0 Å². The van der Waals surface area contributed by atoms with Gasteiger partial charge in [0.05, 0.1) is 12.2 Å². The van der Waals surface area contributed by atoms with E-state index in [2.05, 4.69) is 17.1 Å². The highest BCUT2D eigenvalue weighted by molar-refractivity contribution is 4.95. The summed E-state index contributed by atoms with van der Waals surface area (Å²) in [5, 5.41) is 3.41. The molecule has 2 aliphatic rings. The summed E-state index contributed by atoms with van der Waals surface area (Å²) in [7, 11) is 0. The van der Waals surface area contributed by atoms with Crippen molar-refractivity contribution in [1.82, 2.24) is 10.2 Å².